The van der Waals surface area contributed by atoms with Crippen molar-refractivity contribution in [2.24, 2.45) is 0 Å². The lowest BCUT2D eigenvalue weighted by Gasteiger charge is -2.24. The van der Waals surface area contributed by atoms with Crippen LogP contribution in [0.15, 0.2) is 54.6 Å². The van der Waals surface area contributed by atoms with Gasteiger partial charge in [-0.05, 0) is 43.7 Å². The summed E-state index contributed by atoms with van der Waals surface area (Å²) < 4.78 is 0. The minimum Gasteiger partial charge on any atom is -0.399 e. The number of carbonyl (C=O) groups excluding carboxylic acids is 1. The molecule has 0 spiro atoms. The maximum atomic E-state index is 12.4. The number of anilines is 2. The molecule has 2 aromatic rings. The molecule has 0 radical (unpaired) electrons. The number of rotatable bonds is 3. The van der Waals surface area contributed by atoms with E-state index >= 15 is 0 Å². The Morgan fingerprint density at radius 2 is 1.58 bits per heavy atom. The van der Waals surface area contributed by atoms with E-state index in [1.54, 1.807) is 0 Å². The number of nitrogen functional groups attached to an aromatic ring is 1. The first-order valence-corrected chi connectivity index (χ1v) is 6.22. The summed E-state index contributed by atoms with van der Waals surface area (Å²) in [6.07, 6.45) is 0. The van der Waals surface area contributed by atoms with E-state index in [2.05, 4.69) is 5.32 Å². The van der Waals surface area contributed by atoms with Crippen molar-refractivity contribution < 1.29 is 4.79 Å². The molecule has 2 aromatic carbocycles. The quantitative estimate of drug-likeness (QED) is 0.826. The average Bonchev–Trinajstić information content (AvgIpc) is 2.40. The molecular weight excluding hydrogens is 236 g/mol. The second-order valence-electron chi connectivity index (χ2n) is 5.07. The van der Waals surface area contributed by atoms with E-state index in [1.807, 2.05) is 68.4 Å². The first kappa shape index (κ1) is 13.1. The van der Waals surface area contributed by atoms with Gasteiger partial charge in [-0.25, -0.2) is 0 Å². The highest BCUT2D eigenvalue weighted by Gasteiger charge is 2.29. The van der Waals surface area contributed by atoms with Crippen molar-refractivity contribution in [3.63, 3.8) is 0 Å². The van der Waals surface area contributed by atoms with Crippen LogP contribution in [0.1, 0.15) is 19.4 Å². The second-order valence-corrected chi connectivity index (χ2v) is 5.07. The first-order valence-electron chi connectivity index (χ1n) is 6.22. The van der Waals surface area contributed by atoms with Crippen LogP contribution in [0.2, 0.25) is 0 Å². The Labute approximate surface area is 113 Å². The van der Waals surface area contributed by atoms with E-state index in [9.17, 15) is 4.79 Å². The third kappa shape index (κ3) is 2.94. The molecule has 0 atom stereocenters. The SMILES string of the molecule is CC(C)(C(=O)Nc1ccccc1)c1ccc(N)cc1. The van der Waals surface area contributed by atoms with Gasteiger partial charge in [0, 0.05) is 11.4 Å². The number of hydrogen-bond donors (Lipinski definition) is 2. The monoisotopic (exact) mass is 254 g/mol. The van der Waals surface area contributed by atoms with Crippen molar-refractivity contribution in [2.75, 3.05) is 11.1 Å². The molecule has 19 heavy (non-hydrogen) atoms. The highest BCUT2D eigenvalue weighted by atomic mass is 16.2. The van der Waals surface area contributed by atoms with Gasteiger partial charge >= 0.3 is 0 Å². The molecule has 98 valence electrons. The summed E-state index contributed by atoms with van der Waals surface area (Å²) in [6, 6.07) is 16.9. The Morgan fingerprint density at radius 3 is 2.16 bits per heavy atom. The van der Waals surface area contributed by atoms with E-state index in [1.165, 1.54) is 0 Å². The van der Waals surface area contributed by atoms with E-state index < -0.39 is 5.41 Å². The van der Waals surface area contributed by atoms with Crippen LogP contribution in [0.5, 0.6) is 0 Å². The van der Waals surface area contributed by atoms with Crippen molar-refractivity contribution >= 4 is 17.3 Å². The number of para-hydroxylation sites is 1. The van der Waals surface area contributed by atoms with Crippen LogP contribution in [0.3, 0.4) is 0 Å². The van der Waals surface area contributed by atoms with Crippen LogP contribution in [-0.2, 0) is 10.2 Å². The first-order chi connectivity index (χ1) is 9.00. The Balaban J connectivity index is 2.19. The molecule has 0 aliphatic carbocycles. The minimum atomic E-state index is -0.608. The zero-order valence-corrected chi connectivity index (χ0v) is 11.2. The predicted molar refractivity (Wildman–Crippen MR) is 79.0 cm³/mol. The summed E-state index contributed by atoms with van der Waals surface area (Å²) >= 11 is 0. The third-order valence-electron chi connectivity index (χ3n) is 3.23. The fraction of sp³-hybridized carbons (Fsp3) is 0.188. The van der Waals surface area contributed by atoms with Crippen LogP contribution in [-0.4, -0.2) is 5.91 Å². The second kappa shape index (κ2) is 5.14. The number of nitrogens with one attached hydrogen (secondary N) is 1. The zero-order valence-electron chi connectivity index (χ0n) is 11.2. The molecular formula is C16H18N2O. The Bertz CT molecular complexity index is 559. The summed E-state index contributed by atoms with van der Waals surface area (Å²) in [5.74, 6) is -0.0385. The number of carbonyl (C=O) groups is 1. The molecule has 0 saturated carbocycles. The van der Waals surface area contributed by atoms with Crippen LogP contribution in [0.4, 0.5) is 11.4 Å². The van der Waals surface area contributed by atoms with Crippen molar-refractivity contribution in [1.29, 1.82) is 0 Å². The molecule has 3 nitrogen and oxygen atoms in total. The van der Waals surface area contributed by atoms with Gasteiger partial charge < -0.3 is 11.1 Å². The van der Waals surface area contributed by atoms with Crippen molar-refractivity contribution in [3.05, 3.63) is 60.2 Å². The Morgan fingerprint density at radius 1 is 1.00 bits per heavy atom. The van der Waals surface area contributed by atoms with E-state index in [0.29, 0.717) is 5.69 Å². The Kier molecular flexibility index (Phi) is 3.56. The van der Waals surface area contributed by atoms with Gasteiger partial charge in [-0.1, -0.05) is 30.3 Å². The Hall–Kier alpha value is -2.29. The molecule has 0 aliphatic heterocycles. The zero-order chi connectivity index (χ0) is 13.9. The van der Waals surface area contributed by atoms with Gasteiger partial charge in [-0.15, -0.1) is 0 Å². The molecule has 0 aliphatic rings. The lowest BCUT2D eigenvalue weighted by atomic mass is 9.83. The summed E-state index contributed by atoms with van der Waals surface area (Å²) in [7, 11) is 0. The number of nitrogens with two attached hydrogens (primary N) is 1. The molecule has 0 saturated heterocycles. The van der Waals surface area contributed by atoms with Crippen molar-refractivity contribution in [1.82, 2.24) is 0 Å². The molecule has 2 rings (SSSR count). The number of amides is 1. The molecule has 3 N–H and O–H groups in total. The van der Waals surface area contributed by atoms with Crippen molar-refractivity contribution in [3.8, 4) is 0 Å². The normalized spacial score (nSPS) is 11.1. The smallest absolute Gasteiger partial charge is 0.234 e. The molecule has 0 fully saturated rings. The van der Waals surface area contributed by atoms with Gasteiger partial charge in [0.1, 0.15) is 0 Å². The lowest BCUT2D eigenvalue weighted by Crippen LogP contribution is -2.34. The van der Waals surface area contributed by atoms with Gasteiger partial charge in [0.2, 0.25) is 5.91 Å². The van der Waals surface area contributed by atoms with E-state index in [4.69, 9.17) is 5.73 Å². The summed E-state index contributed by atoms with van der Waals surface area (Å²) in [4.78, 5) is 12.4. The fourth-order valence-corrected chi connectivity index (χ4v) is 1.84. The van der Waals surface area contributed by atoms with Crippen LogP contribution in [0.25, 0.3) is 0 Å². The summed E-state index contributed by atoms with van der Waals surface area (Å²) in [5.41, 5.74) is 7.50. The molecule has 3 heteroatoms. The van der Waals surface area contributed by atoms with Gasteiger partial charge in [-0.2, -0.15) is 0 Å². The average molecular weight is 254 g/mol. The maximum absolute atomic E-state index is 12.4. The largest absolute Gasteiger partial charge is 0.399 e. The van der Waals surface area contributed by atoms with Crippen LogP contribution in [0, 0.1) is 0 Å². The maximum Gasteiger partial charge on any atom is 0.234 e. The fourth-order valence-electron chi connectivity index (χ4n) is 1.84. The lowest BCUT2D eigenvalue weighted by molar-refractivity contribution is -0.120. The predicted octanol–water partition coefficient (Wildman–Crippen LogP) is 3.19. The van der Waals surface area contributed by atoms with Crippen LogP contribution >= 0.6 is 0 Å². The standard InChI is InChI=1S/C16H18N2O/c1-16(2,12-8-10-13(17)11-9-12)15(19)18-14-6-4-3-5-7-14/h3-11H,17H2,1-2H3,(H,18,19). The van der Waals surface area contributed by atoms with Gasteiger partial charge in [0.05, 0.1) is 5.41 Å². The molecule has 1 amide bonds. The van der Waals surface area contributed by atoms with Gasteiger partial charge in [-0.3, -0.25) is 4.79 Å². The van der Waals surface area contributed by atoms with E-state index in [0.717, 1.165) is 11.3 Å². The van der Waals surface area contributed by atoms with Crippen LogP contribution < -0.4 is 11.1 Å². The highest BCUT2D eigenvalue weighted by Crippen LogP contribution is 2.25. The van der Waals surface area contributed by atoms with E-state index in [-0.39, 0.29) is 5.91 Å². The highest BCUT2D eigenvalue weighted by molar-refractivity contribution is 5.98. The van der Waals surface area contributed by atoms with Crippen molar-refractivity contribution in [2.45, 2.75) is 19.3 Å². The third-order valence-corrected chi connectivity index (χ3v) is 3.23. The van der Waals surface area contributed by atoms with Gasteiger partial charge in [0.15, 0.2) is 0 Å². The molecule has 0 unspecified atom stereocenters. The van der Waals surface area contributed by atoms with Gasteiger partial charge in [0.25, 0.3) is 0 Å². The summed E-state index contributed by atoms with van der Waals surface area (Å²) in [5, 5.41) is 2.93. The molecule has 0 aromatic heterocycles. The minimum absolute atomic E-state index is 0.0385. The topological polar surface area (TPSA) is 55.1 Å². The number of hydrogen-bond acceptors (Lipinski definition) is 2. The molecule has 0 bridgehead atoms. The summed E-state index contributed by atoms with van der Waals surface area (Å²) in [6.45, 7) is 3.80. The molecule has 0 heterocycles. The number of benzene rings is 2.